The molecule has 0 radical (unpaired) electrons. The highest BCUT2D eigenvalue weighted by Crippen LogP contribution is 2.39. The van der Waals surface area contributed by atoms with Gasteiger partial charge in [0, 0.05) is 23.0 Å². The topological polar surface area (TPSA) is 62.5 Å². The average Bonchev–Trinajstić information content (AvgIpc) is 2.91. The van der Waals surface area contributed by atoms with Crippen LogP contribution in [-0.2, 0) is 13.2 Å². The van der Waals surface area contributed by atoms with E-state index in [0.29, 0.717) is 6.07 Å². The minimum absolute atomic E-state index is 0.0143. The second-order valence-corrected chi connectivity index (χ2v) is 6.83. The Labute approximate surface area is 165 Å². The predicted octanol–water partition coefficient (Wildman–Crippen LogP) is 5.42. The summed E-state index contributed by atoms with van der Waals surface area (Å²) in [5, 5.41) is 19.4. The molecule has 2 N–H and O–H groups in total. The van der Waals surface area contributed by atoms with Gasteiger partial charge in [-0.05, 0) is 30.3 Å². The molecule has 1 atom stereocenters. The van der Waals surface area contributed by atoms with E-state index in [-0.39, 0.29) is 37.8 Å². The lowest BCUT2D eigenvalue weighted by Gasteiger charge is -2.17. The van der Waals surface area contributed by atoms with Crippen molar-refractivity contribution in [3.8, 4) is 0 Å². The highest BCUT2D eigenvalue weighted by Gasteiger charge is 2.33. The van der Waals surface area contributed by atoms with E-state index >= 15 is 0 Å². The van der Waals surface area contributed by atoms with Crippen molar-refractivity contribution < 1.29 is 32.6 Å². The van der Waals surface area contributed by atoms with Gasteiger partial charge in [-0.2, -0.15) is 13.2 Å². The fourth-order valence-electron chi connectivity index (χ4n) is 2.97. The Hall–Kier alpha value is -2.29. The number of benzene rings is 2. The molecule has 1 heterocycles. The van der Waals surface area contributed by atoms with Crippen LogP contribution in [0.15, 0.2) is 30.3 Å². The minimum Gasteiger partial charge on any atom is -0.478 e. The summed E-state index contributed by atoms with van der Waals surface area (Å²) in [6.07, 6.45) is -6.36. The number of alkyl halides is 3. The van der Waals surface area contributed by atoms with Crippen LogP contribution >= 0.6 is 23.2 Å². The number of hydrogen-bond donors (Lipinski definition) is 2. The summed E-state index contributed by atoms with van der Waals surface area (Å²) in [6.45, 7) is 0. The van der Waals surface area contributed by atoms with Gasteiger partial charge < -0.3 is 14.8 Å². The lowest BCUT2D eigenvalue weighted by atomic mass is 10.0. The van der Waals surface area contributed by atoms with Crippen LogP contribution in [0.3, 0.4) is 0 Å². The molecule has 3 aromatic rings. The number of aromatic carboxylic acids is 1. The molecule has 10 heteroatoms. The first-order chi connectivity index (χ1) is 12.9. The lowest BCUT2D eigenvalue weighted by molar-refractivity contribution is -0.137. The number of nitrogens with zero attached hydrogens (tertiary/aromatic N) is 1. The highest BCUT2D eigenvalue weighted by atomic mass is 35.5. The zero-order chi connectivity index (χ0) is 21.0. The van der Waals surface area contributed by atoms with Crippen molar-refractivity contribution in [1.82, 2.24) is 4.57 Å². The Bertz CT molecular complexity index is 1110. The van der Waals surface area contributed by atoms with Gasteiger partial charge in [-0.1, -0.05) is 23.2 Å². The fourth-order valence-corrected chi connectivity index (χ4v) is 3.62. The molecule has 1 aromatic heterocycles. The monoisotopic (exact) mass is 435 g/mol. The van der Waals surface area contributed by atoms with Crippen molar-refractivity contribution in [2.75, 3.05) is 0 Å². The third-order valence-corrected chi connectivity index (χ3v) is 5.12. The van der Waals surface area contributed by atoms with Crippen LogP contribution in [0.1, 0.15) is 33.3 Å². The fraction of sp³-hybridized carbons (Fsp3) is 0.167. The van der Waals surface area contributed by atoms with Gasteiger partial charge in [-0.15, -0.1) is 0 Å². The molecule has 2 aromatic carbocycles. The number of carbonyl (C=O) groups is 1. The second-order valence-electron chi connectivity index (χ2n) is 6.05. The van der Waals surface area contributed by atoms with Crippen LogP contribution in [0.5, 0.6) is 0 Å². The molecular weight excluding hydrogens is 425 g/mol. The third-order valence-electron chi connectivity index (χ3n) is 4.39. The number of carboxylic acid groups (broad SMARTS) is 1. The number of halogens is 6. The van der Waals surface area contributed by atoms with Crippen molar-refractivity contribution in [2.24, 2.45) is 7.05 Å². The highest BCUT2D eigenvalue weighted by molar-refractivity contribution is 6.38. The van der Waals surface area contributed by atoms with Gasteiger partial charge >= 0.3 is 12.1 Å². The number of hydrogen-bond acceptors (Lipinski definition) is 2. The summed E-state index contributed by atoms with van der Waals surface area (Å²) < 4.78 is 54.3. The Kier molecular flexibility index (Phi) is 5.07. The van der Waals surface area contributed by atoms with Crippen molar-refractivity contribution >= 4 is 40.1 Å². The first-order valence-corrected chi connectivity index (χ1v) is 8.44. The zero-order valence-corrected chi connectivity index (χ0v) is 15.5. The number of carboxylic acids is 1. The first kappa shape index (κ1) is 20.4. The summed E-state index contributed by atoms with van der Waals surface area (Å²) in [5.74, 6) is -2.47. The molecule has 1 unspecified atom stereocenters. The molecule has 4 nitrogen and oxygen atoms in total. The molecule has 3 rings (SSSR count). The number of aryl methyl sites for hydroxylation is 1. The van der Waals surface area contributed by atoms with Gasteiger partial charge in [0.2, 0.25) is 0 Å². The maximum Gasteiger partial charge on any atom is 0.416 e. The number of fused-ring (bicyclic) bond motifs is 1. The van der Waals surface area contributed by atoms with Crippen LogP contribution in [0, 0.1) is 5.82 Å². The lowest BCUT2D eigenvalue weighted by Crippen LogP contribution is -2.10. The molecule has 0 spiro atoms. The number of aliphatic hydroxyl groups excluding tert-OH is 1. The standard InChI is InChI=1S/C18H11Cl2F4NO3/c1-25-12-5-7(18(22,23)24)4-11(21)9(12)6-13(25)16(26)14-10(19)3-2-8(15(14)20)17(27)28/h2-6,16,26H,1H3,(H,27,28). The van der Waals surface area contributed by atoms with E-state index in [1.165, 1.54) is 17.7 Å². The van der Waals surface area contributed by atoms with Crippen molar-refractivity contribution in [2.45, 2.75) is 12.3 Å². The molecule has 0 saturated carbocycles. The molecule has 28 heavy (non-hydrogen) atoms. The molecule has 0 aliphatic rings. The largest absolute Gasteiger partial charge is 0.478 e. The predicted molar refractivity (Wildman–Crippen MR) is 95.4 cm³/mol. The number of rotatable bonds is 3. The van der Waals surface area contributed by atoms with E-state index in [0.717, 1.165) is 18.2 Å². The molecule has 0 aliphatic heterocycles. The van der Waals surface area contributed by atoms with Crippen LogP contribution in [0.25, 0.3) is 10.9 Å². The molecule has 0 saturated heterocycles. The maximum absolute atomic E-state index is 14.2. The van der Waals surface area contributed by atoms with Gasteiger partial charge in [0.1, 0.15) is 11.9 Å². The Morgan fingerprint density at radius 3 is 2.39 bits per heavy atom. The van der Waals surface area contributed by atoms with Crippen LogP contribution < -0.4 is 0 Å². The van der Waals surface area contributed by atoms with Crippen LogP contribution in [0.2, 0.25) is 10.0 Å². The molecule has 0 bridgehead atoms. The number of aromatic nitrogens is 1. The van der Waals surface area contributed by atoms with E-state index in [4.69, 9.17) is 23.2 Å². The van der Waals surface area contributed by atoms with Crippen LogP contribution in [0.4, 0.5) is 17.6 Å². The van der Waals surface area contributed by atoms with E-state index in [2.05, 4.69) is 0 Å². The Morgan fingerprint density at radius 1 is 1.18 bits per heavy atom. The summed E-state index contributed by atoms with van der Waals surface area (Å²) in [4.78, 5) is 11.3. The van der Waals surface area contributed by atoms with E-state index in [1.54, 1.807) is 0 Å². The maximum atomic E-state index is 14.2. The molecule has 0 aliphatic carbocycles. The second kappa shape index (κ2) is 6.95. The van der Waals surface area contributed by atoms with Crippen molar-refractivity contribution in [1.29, 1.82) is 0 Å². The van der Waals surface area contributed by atoms with Gasteiger partial charge in [0.25, 0.3) is 0 Å². The normalized spacial score (nSPS) is 13.1. The summed E-state index contributed by atoms with van der Waals surface area (Å²) >= 11 is 12.1. The van der Waals surface area contributed by atoms with Crippen molar-refractivity contribution in [3.63, 3.8) is 0 Å². The average molecular weight is 436 g/mol. The van der Waals surface area contributed by atoms with E-state index in [9.17, 15) is 32.6 Å². The molecular formula is C18H11Cl2F4NO3. The van der Waals surface area contributed by atoms with Gasteiger partial charge in [-0.25, -0.2) is 9.18 Å². The van der Waals surface area contributed by atoms with E-state index < -0.39 is 29.6 Å². The smallest absolute Gasteiger partial charge is 0.416 e. The molecule has 0 fully saturated rings. The molecule has 0 amide bonds. The summed E-state index contributed by atoms with van der Waals surface area (Å²) in [5.41, 5.74) is -1.76. The summed E-state index contributed by atoms with van der Waals surface area (Å²) in [6, 6.07) is 4.66. The molecule has 148 valence electrons. The minimum atomic E-state index is -4.75. The first-order valence-electron chi connectivity index (χ1n) is 7.68. The number of aliphatic hydroxyl groups is 1. The third kappa shape index (κ3) is 3.32. The zero-order valence-electron chi connectivity index (χ0n) is 14.0. The summed E-state index contributed by atoms with van der Waals surface area (Å²) in [7, 11) is 1.34. The van der Waals surface area contributed by atoms with Gasteiger partial charge in [0.15, 0.2) is 0 Å². The Morgan fingerprint density at radius 2 is 1.82 bits per heavy atom. The van der Waals surface area contributed by atoms with Crippen LogP contribution in [-0.4, -0.2) is 20.7 Å². The quantitative estimate of drug-likeness (QED) is 0.539. The van der Waals surface area contributed by atoms with Gasteiger partial charge in [-0.3, -0.25) is 0 Å². The van der Waals surface area contributed by atoms with Crippen molar-refractivity contribution in [3.05, 3.63) is 68.6 Å². The van der Waals surface area contributed by atoms with Gasteiger partial charge in [0.05, 0.1) is 27.4 Å². The van der Waals surface area contributed by atoms with E-state index in [1.807, 2.05) is 0 Å². The SMILES string of the molecule is Cn1c(C(O)c2c(Cl)ccc(C(=O)O)c2Cl)cc2c(F)cc(C(F)(F)F)cc21. The Balaban J connectivity index is 2.23.